The molecule has 0 fully saturated rings. The van der Waals surface area contributed by atoms with Crippen LogP contribution in [0.4, 0.5) is 5.82 Å². The standard InChI is InChI=1S/C21H25N3O2S2/c1-13(25)10-22-18-17-15-9-21(2,3)26-11-16(15)28-19(17)24-20(23-18)27-12-14-7-5-4-6-8-14/h4-8,13,25H,9-12H2,1-3H3,(H,22,23,24)/t13-/m0/s1. The molecule has 28 heavy (non-hydrogen) atoms. The van der Waals surface area contributed by atoms with Crippen molar-refractivity contribution in [1.29, 1.82) is 0 Å². The first-order valence-corrected chi connectivity index (χ1v) is 11.3. The Kier molecular flexibility index (Phi) is 5.60. The van der Waals surface area contributed by atoms with Crippen LogP contribution in [0.15, 0.2) is 35.5 Å². The van der Waals surface area contributed by atoms with Gasteiger partial charge in [-0.05, 0) is 31.9 Å². The molecular weight excluding hydrogens is 390 g/mol. The van der Waals surface area contributed by atoms with Crippen molar-refractivity contribution in [1.82, 2.24) is 9.97 Å². The van der Waals surface area contributed by atoms with Gasteiger partial charge in [0.25, 0.3) is 0 Å². The van der Waals surface area contributed by atoms with E-state index >= 15 is 0 Å². The van der Waals surface area contributed by atoms with Crippen molar-refractivity contribution in [3.05, 3.63) is 46.3 Å². The molecule has 0 aliphatic carbocycles. The van der Waals surface area contributed by atoms with Crippen LogP contribution in [0.3, 0.4) is 0 Å². The lowest BCUT2D eigenvalue weighted by Gasteiger charge is -2.30. The molecule has 0 unspecified atom stereocenters. The smallest absolute Gasteiger partial charge is 0.191 e. The fourth-order valence-electron chi connectivity index (χ4n) is 3.28. The highest BCUT2D eigenvalue weighted by atomic mass is 32.2. The first-order chi connectivity index (χ1) is 13.4. The van der Waals surface area contributed by atoms with E-state index in [0.29, 0.717) is 13.2 Å². The van der Waals surface area contributed by atoms with E-state index in [1.54, 1.807) is 30.0 Å². The molecule has 1 aliphatic heterocycles. The molecule has 2 aromatic heterocycles. The van der Waals surface area contributed by atoms with E-state index in [4.69, 9.17) is 14.7 Å². The summed E-state index contributed by atoms with van der Waals surface area (Å²) >= 11 is 3.33. The fraction of sp³-hybridized carbons (Fsp3) is 0.429. The van der Waals surface area contributed by atoms with E-state index in [1.807, 2.05) is 18.2 Å². The number of fused-ring (bicyclic) bond motifs is 3. The van der Waals surface area contributed by atoms with Crippen molar-refractivity contribution >= 4 is 39.1 Å². The highest BCUT2D eigenvalue weighted by molar-refractivity contribution is 7.98. The molecule has 0 amide bonds. The Balaban J connectivity index is 1.70. The Labute approximate surface area is 173 Å². The van der Waals surface area contributed by atoms with E-state index in [1.165, 1.54) is 16.0 Å². The number of rotatable bonds is 6. The molecule has 3 aromatic rings. The van der Waals surface area contributed by atoms with Crippen LogP contribution >= 0.6 is 23.1 Å². The number of anilines is 1. The van der Waals surface area contributed by atoms with Crippen LogP contribution in [0.1, 0.15) is 36.8 Å². The largest absolute Gasteiger partial charge is 0.392 e. The second-order valence-corrected chi connectivity index (χ2v) is 9.79. The zero-order valence-corrected chi connectivity index (χ0v) is 18.0. The molecule has 1 atom stereocenters. The number of ether oxygens (including phenoxy) is 1. The van der Waals surface area contributed by atoms with Gasteiger partial charge in [-0.2, -0.15) is 0 Å². The molecule has 0 saturated carbocycles. The van der Waals surface area contributed by atoms with Gasteiger partial charge in [-0.3, -0.25) is 0 Å². The van der Waals surface area contributed by atoms with Gasteiger partial charge >= 0.3 is 0 Å². The molecule has 7 heteroatoms. The zero-order valence-electron chi connectivity index (χ0n) is 16.4. The number of benzene rings is 1. The monoisotopic (exact) mass is 415 g/mol. The minimum Gasteiger partial charge on any atom is -0.392 e. The predicted molar refractivity (Wildman–Crippen MR) is 116 cm³/mol. The number of aliphatic hydroxyl groups is 1. The van der Waals surface area contributed by atoms with Gasteiger partial charge in [0.2, 0.25) is 0 Å². The van der Waals surface area contributed by atoms with Crippen LogP contribution in [-0.2, 0) is 23.5 Å². The lowest BCUT2D eigenvalue weighted by atomic mass is 9.94. The number of thiophene rings is 1. The Morgan fingerprint density at radius 2 is 2.07 bits per heavy atom. The zero-order chi connectivity index (χ0) is 19.7. The molecule has 0 saturated heterocycles. The maximum Gasteiger partial charge on any atom is 0.191 e. The van der Waals surface area contributed by atoms with Crippen LogP contribution in [0.5, 0.6) is 0 Å². The summed E-state index contributed by atoms with van der Waals surface area (Å²) in [7, 11) is 0. The Morgan fingerprint density at radius 1 is 1.29 bits per heavy atom. The average Bonchev–Trinajstić information content (AvgIpc) is 3.02. The normalized spacial score (nSPS) is 16.7. The molecule has 5 nitrogen and oxygen atoms in total. The van der Waals surface area contributed by atoms with Gasteiger partial charge < -0.3 is 15.2 Å². The minimum atomic E-state index is -0.445. The molecule has 3 heterocycles. The fourth-order valence-corrected chi connectivity index (χ4v) is 5.24. The summed E-state index contributed by atoms with van der Waals surface area (Å²) in [6, 6.07) is 10.3. The number of thioether (sulfide) groups is 1. The number of nitrogens with zero attached hydrogens (tertiary/aromatic N) is 2. The van der Waals surface area contributed by atoms with Gasteiger partial charge in [0.1, 0.15) is 10.6 Å². The number of aromatic nitrogens is 2. The van der Waals surface area contributed by atoms with Gasteiger partial charge in [-0.1, -0.05) is 42.1 Å². The lowest BCUT2D eigenvalue weighted by Crippen LogP contribution is -2.31. The average molecular weight is 416 g/mol. The topological polar surface area (TPSA) is 67.3 Å². The Hall–Kier alpha value is -1.67. The van der Waals surface area contributed by atoms with Crippen molar-refractivity contribution in [2.75, 3.05) is 11.9 Å². The van der Waals surface area contributed by atoms with E-state index in [0.717, 1.165) is 33.4 Å². The maximum atomic E-state index is 9.75. The van der Waals surface area contributed by atoms with Gasteiger partial charge in [0.05, 0.1) is 23.7 Å². The van der Waals surface area contributed by atoms with Crippen LogP contribution in [-0.4, -0.2) is 33.3 Å². The summed E-state index contributed by atoms with van der Waals surface area (Å²) in [6.07, 6.45) is 0.394. The van der Waals surface area contributed by atoms with Crippen molar-refractivity contribution < 1.29 is 9.84 Å². The summed E-state index contributed by atoms with van der Waals surface area (Å²) < 4.78 is 5.99. The number of hydrogen-bond acceptors (Lipinski definition) is 7. The van der Waals surface area contributed by atoms with Gasteiger partial charge in [0, 0.05) is 23.6 Å². The summed E-state index contributed by atoms with van der Waals surface area (Å²) in [6.45, 7) is 7.09. The van der Waals surface area contributed by atoms with Gasteiger partial charge in [0.15, 0.2) is 5.16 Å². The highest BCUT2D eigenvalue weighted by Gasteiger charge is 2.31. The molecule has 148 valence electrons. The van der Waals surface area contributed by atoms with Crippen molar-refractivity contribution in [2.45, 2.75) is 56.4 Å². The van der Waals surface area contributed by atoms with E-state index in [-0.39, 0.29) is 5.60 Å². The number of hydrogen-bond donors (Lipinski definition) is 2. The van der Waals surface area contributed by atoms with E-state index in [2.05, 4.69) is 31.3 Å². The molecule has 1 aliphatic rings. The summed E-state index contributed by atoms with van der Waals surface area (Å²) in [5, 5.41) is 14.9. The first-order valence-electron chi connectivity index (χ1n) is 9.46. The molecule has 1 aromatic carbocycles. The third kappa shape index (κ3) is 4.33. The second kappa shape index (κ2) is 7.99. The van der Waals surface area contributed by atoms with E-state index in [9.17, 15) is 5.11 Å². The van der Waals surface area contributed by atoms with Crippen molar-refractivity contribution in [3.63, 3.8) is 0 Å². The van der Waals surface area contributed by atoms with Crippen LogP contribution < -0.4 is 5.32 Å². The molecule has 0 radical (unpaired) electrons. The molecular formula is C21H25N3O2S2. The maximum absolute atomic E-state index is 9.75. The van der Waals surface area contributed by atoms with Crippen LogP contribution in [0.25, 0.3) is 10.2 Å². The van der Waals surface area contributed by atoms with Crippen LogP contribution in [0.2, 0.25) is 0 Å². The van der Waals surface area contributed by atoms with E-state index < -0.39 is 6.10 Å². The summed E-state index contributed by atoms with van der Waals surface area (Å²) in [4.78, 5) is 11.9. The minimum absolute atomic E-state index is 0.191. The molecule has 4 rings (SSSR count). The third-order valence-corrected chi connectivity index (χ3v) is 6.70. The SMILES string of the molecule is C[C@H](O)CNc1nc(SCc2ccccc2)nc2sc3c(c12)CC(C)(C)OC3. The third-order valence-electron chi connectivity index (χ3n) is 4.69. The quantitative estimate of drug-likeness (QED) is 0.452. The molecule has 0 spiro atoms. The molecule has 2 N–H and O–H groups in total. The van der Waals surface area contributed by atoms with Crippen LogP contribution in [0, 0.1) is 0 Å². The lowest BCUT2D eigenvalue weighted by molar-refractivity contribution is -0.0379. The van der Waals surface area contributed by atoms with Crippen molar-refractivity contribution in [3.8, 4) is 0 Å². The van der Waals surface area contributed by atoms with Gasteiger partial charge in [-0.15, -0.1) is 11.3 Å². The number of nitrogens with one attached hydrogen (secondary N) is 1. The predicted octanol–water partition coefficient (Wildman–Crippen LogP) is 4.63. The molecule has 0 bridgehead atoms. The first kappa shape index (κ1) is 19.6. The van der Waals surface area contributed by atoms with Crippen molar-refractivity contribution in [2.24, 2.45) is 0 Å². The summed E-state index contributed by atoms with van der Waals surface area (Å²) in [5.41, 5.74) is 2.34. The highest BCUT2D eigenvalue weighted by Crippen LogP contribution is 2.41. The number of aliphatic hydroxyl groups excluding tert-OH is 1. The Morgan fingerprint density at radius 3 is 2.82 bits per heavy atom. The second-order valence-electron chi connectivity index (χ2n) is 7.77. The summed E-state index contributed by atoms with van der Waals surface area (Å²) in [5.74, 6) is 1.64. The Bertz CT molecular complexity index is 971. The van der Waals surface area contributed by atoms with Gasteiger partial charge in [-0.25, -0.2) is 9.97 Å².